The lowest BCUT2D eigenvalue weighted by atomic mass is 9.88. The minimum atomic E-state index is -2.49. The van der Waals surface area contributed by atoms with Crippen molar-refractivity contribution in [3.8, 4) is 0 Å². The van der Waals surface area contributed by atoms with E-state index in [0.717, 1.165) is 0 Å². The quantitative estimate of drug-likeness (QED) is 0.715. The fraction of sp³-hybridized carbons (Fsp3) is 1.00. The zero-order valence-corrected chi connectivity index (χ0v) is 7.58. The number of alkyl halides is 2. The average Bonchev–Trinajstić information content (AvgIpc) is 1.93. The Kier molecular flexibility index (Phi) is 3.17. The summed E-state index contributed by atoms with van der Waals surface area (Å²) in [5.41, 5.74) is 0. The second kappa shape index (κ2) is 3.79. The number of rotatable bonds is 2. The molecular weight excluding hydrogens is 184 g/mol. The van der Waals surface area contributed by atoms with Crippen LogP contribution in [0.25, 0.3) is 0 Å². The maximum absolute atomic E-state index is 12.6. The summed E-state index contributed by atoms with van der Waals surface area (Å²) in [6.07, 6.45) is 0.760. The molecule has 1 rings (SSSR count). The van der Waals surface area contributed by atoms with Gasteiger partial charge in [0.1, 0.15) is 0 Å². The Labute approximate surface area is 73.1 Å². The van der Waals surface area contributed by atoms with E-state index >= 15 is 0 Å². The SMILES string of the molecule is NS(=O)CC1CCC(F)(F)CC1. The van der Waals surface area contributed by atoms with E-state index in [-0.39, 0.29) is 18.8 Å². The van der Waals surface area contributed by atoms with E-state index in [1.807, 2.05) is 0 Å². The first-order valence-corrected chi connectivity index (χ1v) is 5.38. The lowest BCUT2D eigenvalue weighted by Crippen LogP contribution is -2.28. The van der Waals surface area contributed by atoms with E-state index in [2.05, 4.69) is 0 Å². The van der Waals surface area contributed by atoms with Crippen molar-refractivity contribution in [3.63, 3.8) is 0 Å². The summed E-state index contributed by atoms with van der Waals surface area (Å²) in [5, 5.41) is 5.08. The molecule has 2 nitrogen and oxygen atoms in total. The van der Waals surface area contributed by atoms with Crippen molar-refractivity contribution >= 4 is 11.0 Å². The van der Waals surface area contributed by atoms with Crippen LogP contribution in [0.4, 0.5) is 8.78 Å². The van der Waals surface area contributed by atoms with Crippen molar-refractivity contribution < 1.29 is 13.0 Å². The Morgan fingerprint density at radius 3 is 2.33 bits per heavy atom. The third-order valence-corrected chi connectivity index (χ3v) is 3.04. The molecule has 0 aromatic rings. The van der Waals surface area contributed by atoms with E-state index in [1.54, 1.807) is 0 Å². The van der Waals surface area contributed by atoms with E-state index in [9.17, 15) is 13.0 Å². The second-order valence-corrected chi connectivity index (χ2v) is 4.44. The topological polar surface area (TPSA) is 43.1 Å². The Morgan fingerprint density at radius 2 is 1.92 bits per heavy atom. The van der Waals surface area contributed by atoms with Gasteiger partial charge in [-0.2, -0.15) is 0 Å². The largest absolute Gasteiger partial charge is 0.252 e. The van der Waals surface area contributed by atoms with E-state index in [1.165, 1.54) is 0 Å². The van der Waals surface area contributed by atoms with Crippen molar-refractivity contribution in [2.75, 3.05) is 5.75 Å². The predicted molar refractivity (Wildman–Crippen MR) is 44.1 cm³/mol. The summed E-state index contributed by atoms with van der Waals surface area (Å²) >= 11 is 0. The number of halogens is 2. The van der Waals surface area contributed by atoms with E-state index < -0.39 is 16.9 Å². The average molecular weight is 197 g/mol. The van der Waals surface area contributed by atoms with Gasteiger partial charge >= 0.3 is 0 Å². The first kappa shape index (κ1) is 10.1. The van der Waals surface area contributed by atoms with E-state index in [0.29, 0.717) is 18.6 Å². The number of hydrogen-bond donors (Lipinski definition) is 1. The Hall–Kier alpha value is -0.0300. The summed E-state index contributed by atoms with van der Waals surface area (Å²) in [6, 6.07) is 0. The highest BCUT2D eigenvalue weighted by Gasteiger charge is 2.34. The minimum Gasteiger partial charge on any atom is -0.252 e. The molecule has 1 unspecified atom stereocenters. The molecule has 2 N–H and O–H groups in total. The van der Waals surface area contributed by atoms with Gasteiger partial charge in [-0.1, -0.05) is 0 Å². The van der Waals surface area contributed by atoms with Gasteiger partial charge in [0.15, 0.2) is 0 Å². The molecule has 5 heteroatoms. The molecule has 1 aliphatic rings. The molecule has 0 aromatic heterocycles. The molecule has 0 radical (unpaired) electrons. The predicted octanol–water partition coefficient (Wildman–Crippen LogP) is 1.43. The molecule has 0 amide bonds. The van der Waals surface area contributed by atoms with Gasteiger partial charge in [0, 0.05) is 18.6 Å². The van der Waals surface area contributed by atoms with Gasteiger partial charge < -0.3 is 0 Å². The standard InChI is InChI=1S/C7H13F2NOS/c8-7(9)3-1-6(2-4-7)5-12(10)11/h6H,1-5,10H2. The summed E-state index contributed by atoms with van der Waals surface area (Å²) in [5.74, 6) is -1.99. The highest BCUT2D eigenvalue weighted by molar-refractivity contribution is 7.82. The molecule has 1 saturated carbocycles. The first-order valence-electron chi connectivity index (χ1n) is 4.00. The van der Waals surface area contributed by atoms with Crippen molar-refractivity contribution in [3.05, 3.63) is 0 Å². The maximum atomic E-state index is 12.6. The molecule has 0 aromatic carbocycles. The zero-order valence-electron chi connectivity index (χ0n) is 6.76. The van der Waals surface area contributed by atoms with Gasteiger partial charge in [0.25, 0.3) is 0 Å². The Balaban J connectivity index is 2.31. The van der Waals surface area contributed by atoms with Crippen molar-refractivity contribution in [2.45, 2.75) is 31.6 Å². The molecule has 0 spiro atoms. The van der Waals surface area contributed by atoms with Crippen molar-refractivity contribution in [1.82, 2.24) is 0 Å². The lowest BCUT2D eigenvalue weighted by molar-refractivity contribution is -0.0434. The molecule has 0 saturated heterocycles. The molecule has 0 aliphatic heterocycles. The summed E-state index contributed by atoms with van der Waals surface area (Å²) in [7, 11) is -1.33. The van der Waals surface area contributed by atoms with Crippen LogP contribution in [-0.2, 0) is 11.0 Å². The highest BCUT2D eigenvalue weighted by atomic mass is 32.2. The van der Waals surface area contributed by atoms with Crippen molar-refractivity contribution in [1.29, 1.82) is 0 Å². The summed E-state index contributed by atoms with van der Waals surface area (Å²) in [4.78, 5) is 0. The van der Waals surface area contributed by atoms with Crippen LogP contribution >= 0.6 is 0 Å². The molecular formula is C7H13F2NOS. The lowest BCUT2D eigenvalue weighted by Gasteiger charge is -2.27. The fourth-order valence-corrected chi connectivity index (χ4v) is 2.30. The molecule has 1 aliphatic carbocycles. The number of nitrogens with two attached hydrogens (primary N) is 1. The number of hydrogen-bond acceptors (Lipinski definition) is 1. The van der Waals surface area contributed by atoms with Crippen LogP contribution in [0, 0.1) is 5.92 Å². The van der Waals surface area contributed by atoms with Crippen LogP contribution < -0.4 is 5.14 Å². The van der Waals surface area contributed by atoms with Crippen LogP contribution in [0.2, 0.25) is 0 Å². The maximum Gasteiger partial charge on any atom is 0.248 e. The molecule has 0 bridgehead atoms. The van der Waals surface area contributed by atoms with Crippen molar-refractivity contribution in [2.24, 2.45) is 11.1 Å². The van der Waals surface area contributed by atoms with Crippen LogP contribution in [0.3, 0.4) is 0 Å². The van der Waals surface area contributed by atoms with Crippen LogP contribution in [-0.4, -0.2) is 15.9 Å². The second-order valence-electron chi connectivity index (χ2n) is 3.35. The van der Waals surface area contributed by atoms with Gasteiger partial charge in [0.05, 0.1) is 11.0 Å². The molecule has 0 heterocycles. The fourth-order valence-electron chi connectivity index (χ4n) is 1.50. The molecule has 12 heavy (non-hydrogen) atoms. The van der Waals surface area contributed by atoms with Crippen LogP contribution in [0.1, 0.15) is 25.7 Å². The van der Waals surface area contributed by atoms with Gasteiger partial charge in [-0.05, 0) is 18.8 Å². The Morgan fingerprint density at radius 1 is 1.42 bits per heavy atom. The summed E-state index contributed by atoms with van der Waals surface area (Å²) in [6.45, 7) is 0. The van der Waals surface area contributed by atoms with Gasteiger partial charge in [-0.3, -0.25) is 5.14 Å². The third-order valence-electron chi connectivity index (χ3n) is 2.24. The van der Waals surface area contributed by atoms with Gasteiger partial charge in [0.2, 0.25) is 5.92 Å². The van der Waals surface area contributed by atoms with Gasteiger partial charge in [-0.15, -0.1) is 0 Å². The highest BCUT2D eigenvalue weighted by Crippen LogP contribution is 2.36. The monoisotopic (exact) mass is 197 g/mol. The molecule has 1 fully saturated rings. The summed E-state index contributed by atoms with van der Waals surface area (Å²) < 4.78 is 35.8. The normalized spacial score (nSPS) is 26.9. The van der Waals surface area contributed by atoms with Crippen LogP contribution in [0.15, 0.2) is 0 Å². The smallest absolute Gasteiger partial charge is 0.248 e. The third kappa shape index (κ3) is 3.15. The molecule has 72 valence electrons. The van der Waals surface area contributed by atoms with Crippen LogP contribution in [0.5, 0.6) is 0 Å². The first-order chi connectivity index (χ1) is 5.49. The zero-order chi connectivity index (χ0) is 9.19. The minimum absolute atomic E-state index is 0.0745. The molecule has 1 atom stereocenters. The van der Waals surface area contributed by atoms with E-state index in [4.69, 9.17) is 5.14 Å². The van der Waals surface area contributed by atoms with Gasteiger partial charge in [-0.25, -0.2) is 13.0 Å². The Bertz CT molecular complexity index is 176.